The molecule has 0 saturated carbocycles. The first kappa shape index (κ1) is 10.6. The molecule has 1 atom stereocenters. The SMILES string of the molecule is O=C1NC(c2ccsc2)Nc2ccc(Cl)cc21. The lowest BCUT2D eigenvalue weighted by Gasteiger charge is -2.27. The molecule has 1 aliphatic heterocycles. The Balaban J connectivity index is 1.99. The minimum atomic E-state index is -0.164. The Morgan fingerprint density at radius 2 is 2.12 bits per heavy atom. The van der Waals surface area contributed by atoms with Gasteiger partial charge in [-0.15, -0.1) is 0 Å². The van der Waals surface area contributed by atoms with E-state index in [-0.39, 0.29) is 12.1 Å². The zero-order valence-corrected chi connectivity index (χ0v) is 10.3. The van der Waals surface area contributed by atoms with E-state index < -0.39 is 0 Å². The Morgan fingerprint density at radius 1 is 1.24 bits per heavy atom. The number of rotatable bonds is 1. The first-order valence-corrected chi connectivity index (χ1v) is 6.45. The maximum Gasteiger partial charge on any atom is 0.255 e. The van der Waals surface area contributed by atoms with E-state index in [1.54, 1.807) is 23.5 Å². The summed E-state index contributed by atoms with van der Waals surface area (Å²) in [6.07, 6.45) is -0.164. The number of carbonyl (C=O) groups is 1. The van der Waals surface area contributed by atoms with Crippen molar-refractivity contribution >= 4 is 34.5 Å². The Labute approximate surface area is 107 Å². The quantitative estimate of drug-likeness (QED) is 0.830. The summed E-state index contributed by atoms with van der Waals surface area (Å²) in [5, 5.41) is 10.7. The van der Waals surface area contributed by atoms with E-state index in [0.717, 1.165) is 11.3 Å². The number of halogens is 1. The minimum Gasteiger partial charge on any atom is -0.361 e. The molecular weight excluding hydrogens is 256 g/mol. The summed E-state index contributed by atoms with van der Waals surface area (Å²) in [6.45, 7) is 0. The average Bonchev–Trinajstić information content (AvgIpc) is 2.83. The molecule has 2 heterocycles. The number of thiophene rings is 1. The van der Waals surface area contributed by atoms with Crippen LogP contribution in [0.1, 0.15) is 22.1 Å². The lowest BCUT2D eigenvalue weighted by Crippen LogP contribution is -2.38. The van der Waals surface area contributed by atoms with Crippen LogP contribution >= 0.6 is 22.9 Å². The average molecular weight is 265 g/mol. The standard InChI is InChI=1S/C12H9ClN2OS/c13-8-1-2-10-9(5-8)12(16)15-11(14-10)7-3-4-17-6-7/h1-6,11,14H,(H,15,16). The highest BCUT2D eigenvalue weighted by Crippen LogP contribution is 2.29. The normalized spacial score (nSPS) is 18.2. The third kappa shape index (κ3) is 1.90. The monoisotopic (exact) mass is 264 g/mol. The number of benzene rings is 1. The van der Waals surface area contributed by atoms with E-state index in [0.29, 0.717) is 10.6 Å². The van der Waals surface area contributed by atoms with Gasteiger partial charge in [-0.05, 0) is 35.0 Å². The van der Waals surface area contributed by atoms with Crippen molar-refractivity contribution in [1.82, 2.24) is 5.32 Å². The van der Waals surface area contributed by atoms with E-state index in [4.69, 9.17) is 11.6 Å². The Hall–Kier alpha value is -1.52. The van der Waals surface area contributed by atoms with Crippen molar-refractivity contribution in [3.05, 3.63) is 51.2 Å². The maximum absolute atomic E-state index is 11.9. The summed E-state index contributed by atoms with van der Waals surface area (Å²) in [4.78, 5) is 11.9. The highest BCUT2D eigenvalue weighted by molar-refractivity contribution is 7.08. The molecule has 0 saturated heterocycles. The highest BCUT2D eigenvalue weighted by Gasteiger charge is 2.24. The fourth-order valence-corrected chi connectivity index (χ4v) is 2.69. The number of carbonyl (C=O) groups excluding carboxylic acids is 1. The highest BCUT2D eigenvalue weighted by atomic mass is 35.5. The molecule has 5 heteroatoms. The molecule has 2 aromatic rings. The molecule has 0 bridgehead atoms. The van der Waals surface area contributed by atoms with Crippen LogP contribution in [0.15, 0.2) is 35.0 Å². The van der Waals surface area contributed by atoms with Gasteiger partial charge in [-0.25, -0.2) is 0 Å². The predicted molar refractivity (Wildman–Crippen MR) is 69.6 cm³/mol. The van der Waals surface area contributed by atoms with Gasteiger partial charge in [0.05, 0.1) is 5.56 Å². The van der Waals surface area contributed by atoms with Crippen LogP contribution < -0.4 is 10.6 Å². The molecule has 17 heavy (non-hydrogen) atoms. The molecule has 86 valence electrons. The molecule has 1 aromatic heterocycles. The number of hydrogen-bond donors (Lipinski definition) is 2. The van der Waals surface area contributed by atoms with Crippen LogP contribution in [0.3, 0.4) is 0 Å². The van der Waals surface area contributed by atoms with Gasteiger partial charge in [-0.2, -0.15) is 11.3 Å². The summed E-state index contributed by atoms with van der Waals surface area (Å²) >= 11 is 7.48. The molecular formula is C12H9ClN2OS. The van der Waals surface area contributed by atoms with Crippen molar-refractivity contribution in [2.75, 3.05) is 5.32 Å². The van der Waals surface area contributed by atoms with Crippen molar-refractivity contribution in [2.45, 2.75) is 6.17 Å². The summed E-state index contributed by atoms with van der Waals surface area (Å²) in [7, 11) is 0. The fraction of sp³-hybridized carbons (Fsp3) is 0.0833. The topological polar surface area (TPSA) is 41.1 Å². The van der Waals surface area contributed by atoms with E-state index in [2.05, 4.69) is 10.6 Å². The van der Waals surface area contributed by atoms with E-state index >= 15 is 0 Å². The number of amides is 1. The number of fused-ring (bicyclic) bond motifs is 1. The second kappa shape index (κ2) is 4.05. The second-order valence-corrected chi connectivity index (χ2v) is 5.01. The minimum absolute atomic E-state index is 0.0996. The molecule has 1 aromatic carbocycles. The Bertz CT molecular complexity index is 568. The van der Waals surface area contributed by atoms with E-state index in [1.807, 2.05) is 22.9 Å². The summed E-state index contributed by atoms with van der Waals surface area (Å²) in [5.74, 6) is -0.0996. The molecule has 0 aliphatic carbocycles. The number of nitrogens with one attached hydrogen (secondary N) is 2. The number of hydrogen-bond acceptors (Lipinski definition) is 3. The van der Waals surface area contributed by atoms with Crippen LogP contribution in [0, 0.1) is 0 Å². The predicted octanol–water partition coefficient (Wildman–Crippen LogP) is 3.26. The van der Waals surface area contributed by atoms with Gasteiger partial charge >= 0.3 is 0 Å². The lowest BCUT2D eigenvalue weighted by atomic mass is 10.1. The third-order valence-corrected chi connectivity index (χ3v) is 3.61. The van der Waals surface area contributed by atoms with Crippen LogP contribution in [0.5, 0.6) is 0 Å². The molecule has 0 fully saturated rings. The van der Waals surface area contributed by atoms with Crippen LogP contribution in [0.2, 0.25) is 5.02 Å². The van der Waals surface area contributed by atoms with Crippen LogP contribution in [-0.4, -0.2) is 5.91 Å². The second-order valence-electron chi connectivity index (χ2n) is 3.80. The van der Waals surface area contributed by atoms with Crippen molar-refractivity contribution in [1.29, 1.82) is 0 Å². The molecule has 3 nitrogen and oxygen atoms in total. The zero-order chi connectivity index (χ0) is 11.8. The van der Waals surface area contributed by atoms with Gasteiger partial charge in [0.15, 0.2) is 0 Å². The zero-order valence-electron chi connectivity index (χ0n) is 8.74. The van der Waals surface area contributed by atoms with Gasteiger partial charge in [0.1, 0.15) is 6.17 Å². The molecule has 2 N–H and O–H groups in total. The molecule has 1 aliphatic rings. The number of anilines is 1. The van der Waals surface area contributed by atoms with Gasteiger partial charge in [0.2, 0.25) is 0 Å². The van der Waals surface area contributed by atoms with Crippen molar-refractivity contribution < 1.29 is 4.79 Å². The lowest BCUT2D eigenvalue weighted by molar-refractivity contribution is 0.0936. The van der Waals surface area contributed by atoms with Crippen molar-refractivity contribution in [2.24, 2.45) is 0 Å². The summed E-state index contributed by atoms with van der Waals surface area (Å²) < 4.78 is 0. The third-order valence-electron chi connectivity index (χ3n) is 2.68. The van der Waals surface area contributed by atoms with Gasteiger partial charge in [-0.1, -0.05) is 11.6 Å². The van der Waals surface area contributed by atoms with E-state index in [9.17, 15) is 4.79 Å². The first-order chi connectivity index (χ1) is 8.24. The summed E-state index contributed by atoms with van der Waals surface area (Å²) in [6, 6.07) is 7.26. The summed E-state index contributed by atoms with van der Waals surface area (Å²) in [5.41, 5.74) is 2.46. The van der Waals surface area contributed by atoms with Crippen molar-refractivity contribution in [3.63, 3.8) is 0 Å². The maximum atomic E-state index is 11.9. The molecule has 3 rings (SSSR count). The Kier molecular flexibility index (Phi) is 2.53. The van der Waals surface area contributed by atoms with E-state index in [1.165, 1.54) is 0 Å². The Morgan fingerprint density at radius 3 is 2.88 bits per heavy atom. The van der Waals surface area contributed by atoms with Crippen LogP contribution in [0.25, 0.3) is 0 Å². The molecule has 1 unspecified atom stereocenters. The van der Waals surface area contributed by atoms with Crippen molar-refractivity contribution in [3.8, 4) is 0 Å². The molecule has 0 spiro atoms. The molecule has 0 radical (unpaired) electrons. The molecule has 1 amide bonds. The van der Waals surface area contributed by atoms with Crippen LogP contribution in [-0.2, 0) is 0 Å². The van der Waals surface area contributed by atoms with Gasteiger partial charge in [-0.3, -0.25) is 4.79 Å². The van der Waals surface area contributed by atoms with Crippen LogP contribution in [0.4, 0.5) is 5.69 Å². The smallest absolute Gasteiger partial charge is 0.255 e. The van der Waals surface area contributed by atoms with Gasteiger partial charge in [0, 0.05) is 16.3 Å². The van der Waals surface area contributed by atoms with Gasteiger partial charge < -0.3 is 10.6 Å². The fourth-order valence-electron chi connectivity index (χ4n) is 1.84. The largest absolute Gasteiger partial charge is 0.361 e. The van der Waals surface area contributed by atoms with Gasteiger partial charge in [0.25, 0.3) is 5.91 Å². The first-order valence-electron chi connectivity index (χ1n) is 5.13.